The van der Waals surface area contributed by atoms with E-state index in [2.05, 4.69) is 10.6 Å². The molecule has 0 spiro atoms. The van der Waals surface area contributed by atoms with Crippen molar-refractivity contribution in [2.24, 2.45) is 5.92 Å². The van der Waals surface area contributed by atoms with Crippen molar-refractivity contribution in [3.63, 3.8) is 0 Å². The van der Waals surface area contributed by atoms with Crippen LogP contribution in [0.15, 0.2) is 48.5 Å². The van der Waals surface area contributed by atoms with E-state index in [9.17, 15) is 14.4 Å². The summed E-state index contributed by atoms with van der Waals surface area (Å²) >= 11 is 6.01. The Morgan fingerprint density at radius 1 is 1.10 bits per heavy atom. The maximum absolute atomic E-state index is 12.7. The molecule has 2 N–H and O–H groups in total. The van der Waals surface area contributed by atoms with Crippen LogP contribution in [0.25, 0.3) is 0 Å². The van der Waals surface area contributed by atoms with Gasteiger partial charge in [0.1, 0.15) is 0 Å². The molecule has 150 valence electrons. The Labute approximate surface area is 173 Å². The van der Waals surface area contributed by atoms with Gasteiger partial charge in [-0.3, -0.25) is 14.4 Å². The van der Waals surface area contributed by atoms with Crippen molar-refractivity contribution < 1.29 is 14.4 Å². The van der Waals surface area contributed by atoms with Gasteiger partial charge in [0.15, 0.2) is 0 Å². The van der Waals surface area contributed by atoms with E-state index >= 15 is 0 Å². The number of rotatable bonds is 4. The van der Waals surface area contributed by atoms with E-state index in [0.29, 0.717) is 36.0 Å². The molecule has 2 aliphatic heterocycles. The Morgan fingerprint density at radius 2 is 1.90 bits per heavy atom. The number of carbonyl (C=O) groups is 3. The van der Waals surface area contributed by atoms with Gasteiger partial charge >= 0.3 is 0 Å². The highest BCUT2D eigenvalue weighted by molar-refractivity contribution is 6.31. The molecule has 2 aromatic carbocycles. The summed E-state index contributed by atoms with van der Waals surface area (Å²) in [6.45, 7) is 2.03. The molecule has 2 fully saturated rings. The first-order valence-electron chi connectivity index (χ1n) is 9.48. The van der Waals surface area contributed by atoms with Gasteiger partial charge in [-0.15, -0.1) is 0 Å². The quantitative estimate of drug-likeness (QED) is 0.807. The topological polar surface area (TPSA) is 81.8 Å². The fourth-order valence-electron chi connectivity index (χ4n) is 3.64. The highest BCUT2D eigenvalue weighted by Crippen LogP contribution is 2.28. The summed E-state index contributed by atoms with van der Waals surface area (Å²) in [5, 5.41) is 6.23. The lowest BCUT2D eigenvalue weighted by molar-refractivity contribution is -0.122. The molecular formula is C21H21ClN4O3. The van der Waals surface area contributed by atoms with Gasteiger partial charge in [0, 0.05) is 48.1 Å². The Balaban J connectivity index is 1.38. The van der Waals surface area contributed by atoms with E-state index in [4.69, 9.17) is 11.6 Å². The summed E-state index contributed by atoms with van der Waals surface area (Å²) in [5.41, 5.74) is 2.29. The molecule has 8 heteroatoms. The van der Waals surface area contributed by atoms with Crippen LogP contribution in [0.3, 0.4) is 0 Å². The third kappa shape index (κ3) is 4.35. The first kappa shape index (κ1) is 19.3. The van der Waals surface area contributed by atoms with E-state index in [-0.39, 0.29) is 24.1 Å². The second-order valence-corrected chi connectivity index (χ2v) is 7.63. The maximum atomic E-state index is 12.7. The summed E-state index contributed by atoms with van der Waals surface area (Å²) in [4.78, 5) is 40.1. The average Bonchev–Trinajstić information content (AvgIpc) is 3.10. The minimum Gasteiger partial charge on any atom is -0.360 e. The van der Waals surface area contributed by atoms with Crippen LogP contribution in [-0.4, -0.2) is 43.9 Å². The fraction of sp³-hybridized carbons (Fsp3) is 0.286. The van der Waals surface area contributed by atoms with Gasteiger partial charge in [0.05, 0.1) is 12.5 Å². The summed E-state index contributed by atoms with van der Waals surface area (Å²) in [7, 11) is 0. The normalized spacial score (nSPS) is 19.3. The SMILES string of the molecule is O=C1CN(c2ccc(NC(=O)C3CC(=O)N(c4cccc(Cl)c4)C3)cc2)CCN1. The lowest BCUT2D eigenvalue weighted by Gasteiger charge is -2.28. The summed E-state index contributed by atoms with van der Waals surface area (Å²) < 4.78 is 0. The molecule has 0 radical (unpaired) electrons. The van der Waals surface area contributed by atoms with E-state index in [1.807, 2.05) is 35.2 Å². The second kappa shape index (κ2) is 8.13. The zero-order valence-corrected chi connectivity index (χ0v) is 16.5. The Hall–Kier alpha value is -3.06. The van der Waals surface area contributed by atoms with Crippen molar-refractivity contribution in [3.8, 4) is 0 Å². The van der Waals surface area contributed by atoms with E-state index in [0.717, 1.165) is 12.2 Å². The number of carbonyl (C=O) groups excluding carboxylic acids is 3. The third-order valence-corrected chi connectivity index (χ3v) is 5.39. The first-order valence-corrected chi connectivity index (χ1v) is 9.86. The van der Waals surface area contributed by atoms with Gasteiger partial charge in [-0.25, -0.2) is 0 Å². The predicted octanol–water partition coefficient (Wildman–Crippen LogP) is 2.27. The largest absolute Gasteiger partial charge is 0.360 e. The van der Waals surface area contributed by atoms with Crippen molar-refractivity contribution in [1.82, 2.24) is 5.32 Å². The predicted molar refractivity (Wildman–Crippen MR) is 112 cm³/mol. The van der Waals surface area contributed by atoms with Gasteiger partial charge in [0.2, 0.25) is 17.7 Å². The molecule has 2 aromatic rings. The number of nitrogens with zero attached hydrogens (tertiary/aromatic N) is 2. The lowest BCUT2D eigenvalue weighted by atomic mass is 10.1. The minimum absolute atomic E-state index is 0.00351. The molecule has 2 saturated heterocycles. The van der Waals surface area contributed by atoms with Crippen LogP contribution in [0, 0.1) is 5.92 Å². The van der Waals surface area contributed by atoms with Gasteiger partial charge in [-0.05, 0) is 42.5 Å². The van der Waals surface area contributed by atoms with Crippen molar-refractivity contribution in [2.75, 3.05) is 41.3 Å². The van der Waals surface area contributed by atoms with Crippen LogP contribution in [0.5, 0.6) is 0 Å². The number of piperazine rings is 1. The van der Waals surface area contributed by atoms with Crippen molar-refractivity contribution in [3.05, 3.63) is 53.6 Å². The number of amides is 3. The molecule has 4 rings (SSSR count). The zero-order chi connectivity index (χ0) is 20.4. The van der Waals surface area contributed by atoms with E-state index in [1.54, 1.807) is 23.1 Å². The number of halogens is 1. The molecule has 0 bridgehead atoms. The van der Waals surface area contributed by atoms with Gasteiger partial charge in [-0.1, -0.05) is 17.7 Å². The molecule has 7 nitrogen and oxygen atoms in total. The van der Waals surface area contributed by atoms with E-state index < -0.39 is 5.92 Å². The van der Waals surface area contributed by atoms with Crippen LogP contribution in [0.4, 0.5) is 17.1 Å². The van der Waals surface area contributed by atoms with Crippen LogP contribution in [0.2, 0.25) is 5.02 Å². The van der Waals surface area contributed by atoms with Gasteiger partial charge in [0.25, 0.3) is 0 Å². The molecule has 2 heterocycles. The van der Waals surface area contributed by atoms with E-state index in [1.165, 1.54) is 0 Å². The summed E-state index contributed by atoms with van der Waals surface area (Å²) in [6.07, 6.45) is 0.166. The van der Waals surface area contributed by atoms with Crippen LogP contribution >= 0.6 is 11.6 Å². The number of hydrogen-bond donors (Lipinski definition) is 2. The monoisotopic (exact) mass is 412 g/mol. The minimum atomic E-state index is -0.424. The smallest absolute Gasteiger partial charge is 0.239 e. The number of anilines is 3. The molecule has 1 unspecified atom stereocenters. The zero-order valence-electron chi connectivity index (χ0n) is 15.7. The molecule has 1 atom stereocenters. The second-order valence-electron chi connectivity index (χ2n) is 7.19. The highest BCUT2D eigenvalue weighted by Gasteiger charge is 2.35. The molecule has 3 amide bonds. The third-order valence-electron chi connectivity index (χ3n) is 5.15. The molecule has 0 aromatic heterocycles. The Kier molecular flexibility index (Phi) is 5.40. The molecular weight excluding hydrogens is 392 g/mol. The van der Waals surface area contributed by atoms with Crippen LogP contribution < -0.4 is 20.4 Å². The van der Waals surface area contributed by atoms with Gasteiger partial charge in [-0.2, -0.15) is 0 Å². The van der Waals surface area contributed by atoms with Crippen molar-refractivity contribution >= 4 is 46.4 Å². The molecule has 0 saturated carbocycles. The van der Waals surface area contributed by atoms with Crippen molar-refractivity contribution in [1.29, 1.82) is 0 Å². The summed E-state index contributed by atoms with van der Waals surface area (Å²) in [5.74, 6) is -0.699. The van der Waals surface area contributed by atoms with Gasteiger partial charge < -0.3 is 20.4 Å². The number of nitrogens with one attached hydrogen (secondary N) is 2. The maximum Gasteiger partial charge on any atom is 0.239 e. The number of hydrogen-bond acceptors (Lipinski definition) is 4. The number of benzene rings is 2. The highest BCUT2D eigenvalue weighted by atomic mass is 35.5. The van der Waals surface area contributed by atoms with Crippen LogP contribution in [-0.2, 0) is 14.4 Å². The Bertz CT molecular complexity index is 947. The summed E-state index contributed by atoms with van der Waals surface area (Å²) in [6, 6.07) is 14.4. The standard InChI is InChI=1S/C21H21ClN4O3/c22-15-2-1-3-18(11-15)26-12-14(10-20(26)28)21(29)24-16-4-6-17(7-5-16)25-9-8-23-19(27)13-25/h1-7,11,14H,8-10,12-13H2,(H,23,27)(H,24,29). The van der Waals surface area contributed by atoms with Crippen molar-refractivity contribution in [2.45, 2.75) is 6.42 Å². The average molecular weight is 413 g/mol. The molecule has 0 aliphatic carbocycles. The van der Waals surface area contributed by atoms with Crippen LogP contribution in [0.1, 0.15) is 6.42 Å². The fourth-order valence-corrected chi connectivity index (χ4v) is 3.82. The first-order chi connectivity index (χ1) is 14.0. The molecule has 29 heavy (non-hydrogen) atoms. The Morgan fingerprint density at radius 3 is 2.62 bits per heavy atom. The molecule has 2 aliphatic rings. The lowest BCUT2D eigenvalue weighted by Crippen LogP contribution is -2.47.